The number of H-pyrrole nitrogens is 1. The van der Waals surface area contributed by atoms with Crippen molar-refractivity contribution in [3.63, 3.8) is 0 Å². The molecule has 1 saturated heterocycles. The number of pyridine rings is 1. The van der Waals surface area contributed by atoms with Crippen molar-refractivity contribution >= 4 is 16.5 Å². The lowest BCUT2D eigenvalue weighted by molar-refractivity contribution is 0.355. The fourth-order valence-corrected chi connectivity index (χ4v) is 3.53. The summed E-state index contributed by atoms with van der Waals surface area (Å²) in [5.41, 5.74) is 2.63. The Morgan fingerprint density at radius 2 is 1.70 bits per heavy atom. The van der Waals surface area contributed by atoms with Gasteiger partial charge in [0.1, 0.15) is 0 Å². The minimum Gasteiger partial charge on any atom is -0.493 e. The lowest BCUT2D eigenvalue weighted by Crippen LogP contribution is -2.43. The molecule has 3 aromatic rings. The average molecular weight is 365 g/mol. The first-order valence-electron chi connectivity index (χ1n) is 9.05. The Bertz CT molecular complexity index is 1020. The monoisotopic (exact) mass is 365 g/mol. The lowest BCUT2D eigenvalue weighted by Gasteiger charge is -2.29. The van der Waals surface area contributed by atoms with Gasteiger partial charge < -0.3 is 24.7 Å². The molecule has 4 rings (SSSR count). The Morgan fingerprint density at radius 1 is 0.926 bits per heavy atom. The first kappa shape index (κ1) is 17.4. The molecule has 1 aliphatic rings. The molecule has 27 heavy (non-hydrogen) atoms. The Balaban J connectivity index is 1.75. The third kappa shape index (κ3) is 3.36. The molecule has 140 valence electrons. The molecule has 2 N–H and O–H groups in total. The van der Waals surface area contributed by atoms with E-state index in [1.165, 1.54) is 0 Å². The zero-order chi connectivity index (χ0) is 18.8. The van der Waals surface area contributed by atoms with Crippen LogP contribution in [0.4, 0.5) is 5.69 Å². The lowest BCUT2D eigenvalue weighted by atomic mass is 10.1. The summed E-state index contributed by atoms with van der Waals surface area (Å²) in [7, 11) is 3.20. The molecular weight excluding hydrogens is 342 g/mol. The van der Waals surface area contributed by atoms with Crippen molar-refractivity contribution in [3.8, 4) is 22.8 Å². The van der Waals surface area contributed by atoms with Gasteiger partial charge in [0.05, 0.1) is 14.2 Å². The number of piperazine rings is 1. The van der Waals surface area contributed by atoms with Crippen molar-refractivity contribution in [1.29, 1.82) is 0 Å². The van der Waals surface area contributed by atoms with E-state index in [-0.39, 0.29) is 5.56 Å². The van der Waals surface area contributed by atoms with Gasteiger partial charge in [-0.25, -0.2) is 0 Å². The molecule has 0 saturated carbocycles. The minimum absolute atomic E-state index is 0.0886. The maximum Gasteiger partial charge on any atom is 0.256 e. The number of methoxy groups -OCH3 is 2. The van der Waals surface area contributed by atoms with Crippen LogP contribution in [0.3, 0.4) is 0 Å². The number of hydrogen-bond donors (Lipinski definition) is 2. The molecule has 0 bridgehead atoms. The molecule has 2 heterocycles. The van der Waals surface area contributed by atoms with Crippen molar-refractivity contribution in [3.05, 3.63) is 52.8 Å². The van der Waals surface area contributed by atoms with Crippen LogP contribution in [0.15, 0.2) is 47.3 Å². The van der Waals surface area contributed by atoms with Gasteiger partial charge in [-0.05, 0) is 41.8 Å². The maximum atomic E-state index is 12.7. The summed E-state index contributed by atoms with van der Waals surface area (Å²) >= 11 is 0. The molecule has 0 atom stereocenters. The van der Waals surface area contributed by atoms with Gasteiger partial charge >= 0.3 is 0 Å². The van der Waals surface area contributed by atoms with Crippen molar-refractivity contribution in [1.82, 2.24) is 10.3 Å². The molecule has 0 unspecified atom stereocenters. The average Bonchev–Trinajstić information content (AvgIpc) is 2.73. The zero-order valence-corrected chi connectivity index (χ0v) is 15.5. The molecule has 6 nitrogen and oxygen atoms in total. The van der Waals surface area contributed by atoms with Gasteiger partial charge in [0.25, 0.3) is 5.56 Å². The SMILES string of the molecule is COc1ccc(-c2cc3ccc(N4CCNCC4)cc3c(=O)[nH]2)cc1OC. The fourth-order valence-electron chi connectivity index (χ4n) is 3.53. The predicted molar refractivity (Wildman–Crippen MR) is 108 cm³/mol. The number of hydrogen-bond acceptors (Lipinski definition) is 5. The van der Waals surface area contributed by atoms with Crippen LogP contribution in [0.1, 0.15) is 0 Å². The molecule has 1 aliphatic heterocycles. The number of benzene rings is 2. The first-order valence-corrected chi connectivity index (χ1v) is 9.05. The fraction of sp³-hybridized carbons (Fsp3) is 0.286. The first-order chi connectivity index (χ1) is 13.2. The van der Waals surface area contributed by atoms with Gasteiger partial charge in [0.2, 0.25) is 0 Å². The van der Waals surface area contributed by atoms with Crippen LogP contribution in [0.5, 0.6) is 11.5 Å². The molecule has 1 aromatic heterocycles. The molecule has 0 amide bonds. The highest BCUT2D eigenvalue weighted by atomic mass is 16.5. The maximum absolute atomic E-state index is 12.7. The second-order valence-electron chi connectivity index (χ2n) is 6.59. The van der Waals surface area contributed by atoms with Crippen LogP contribution < -0.4 is 25.2 Å². The van der Waals surface area contributed by atoms with E-state index in [2.05, 4.69) is 21.3 Å². The van der Waals surface area contributed by atoms with E-state index in [4.69, 9.17) is 9.47 Å². The second-order valence-corrected chi connectivity index (χ2v) is 6.59. The molecule has 1 fully saturated rings. The van der Waals surface area contributed by atoms with Crippen LogP contribution in [-0.4, -0.2) is 45.4 Å². The summed E-state index contributed by atoms with van der Waals surface area (Å²) in [6, 6.07) is 13.7. The van der Waals surface area contributed by atoms with Crippen LogP contribution in [-0.2, 0) is 0 Å². The largest absolute Gasteiger partial charge is 0.493 e. The standard InChI is InChI=1S/C21H23N3O3/c1-26-19-6-4-15(12-20(19)27-2)18-11-14-3-5-16(13-17(14)21(25)23-18)24-9-7-22-8-10-24/h3-6,11-13,22H,7-10H2,1-2H3,(H,23,25). The topological polar surface area (TPSA) is 66.6 Å². The van der Waals surface area contributed by atoms with Gasteiger partial charge in [-0.3, -0.25) is 4.79 Å². The predicted octanol–water partition coefficient (Wildman–Crippen LogP) is 2.62. The van der Waals surface area contributed by atoms with Gasteiger partial charge in [-0.1, -0.05) is 6.07 Å². The van der Waals surface area contributed by atoms with Gasteiger partial charge in [-0.2, -0.15) is 0 Å². The third-order valence-electron chi connectivity index (χ3n) is 5.01. The summed E-state index contributed by atoms with van der Waals surface area (Å²) < 4.78 is 10.7. The smallest absolute Gasteiger partial charge is 0.256 e. The highest BCUT2D eigenvalue weighted by molar-refractivity contribution is 5.88. The Labute approximate surface area is 157 Å². The van der Waals surface area contributed by atoms with Crippen LogP contribution >= 0.6 is 0 Å². The molecule has 6 heteroatoms. The van der Waals surface area contributed by atoms with E-state index in [0.29, 0.717) is 16.9 Å². The van der Waals surface area contributed by atoms with Crippen LogP contribution in [0.2, 0.25) is 0 Å². The van der Waals surface area contributed by atoms with Crippen LogP contribution in [0.25, 0.3) is 22.0 Å². The number of aromatic nitrogens is 1. The van der Waals surface area contributed by atoms with Gasteiger partial charge in [-0.15, -0.1) is 0 Å². The quantitative estimate of drug-likeness (QED) is 0.744. The van der Waals surface area contributed by atoms with Crippen molar-refractivity contribution in [2.75, 3.05) is 45.3 Å². The number of nitrogens with zero attached hydrogens (tertiary/aromatic N) is 1. The van der Waals surface area contributed by atoms with Gasteiger partial charge in [0.15, 0.2) is 11.5 Å². The van der Waals surface area contributed by atoms with E-state index in [1.54, 1.807) is 14.2 Å². The summed E-state index contributed by atoms with van der Waals surface area (Å²) in [6.07, 6.45) is 0. The molecule has 2 aromatic carbocycles. The number of rotatable bonds is 4. The molecule has 0 aliphatic carbocycles. The molecular formula is C21H23N3O3. The van der Waals surface area contributed by atoms with E-state index in [0.717, 1.165) is 48.5 Å². The van der Waals surface area contributed by atoms with E-state index >= 15 is 0 Å². The number of aromatic amines is 1. The zero-order valence-electron chi connectivity index (χ0n) is 15.5. The Hall–Kier alpha value is -2.99. The highest BCUT2D eigenvalue weighted by Gasteiger charge is 2.13. The second kappa shape index (κ2) is 7.32. The Morgan fingerprint density at radius 3 is 2.44 bits per heavy atom. The summed E-state index contributed by atoms with van der Waals surface area (Å²) in [5.74, 6) is 1.29. The Kier molecular flexibility index (Phi) is 4.73. The normalized spacial score (nSPS) is 14.4. The van der Waals surface area contributed by atoms with Crippen molar-refractivity contribution < 1.29 is 9.47 Å². The number of ether oxygens (including phenoxy) is 2. The number of nitrogens with one attached hydrogen (secondary N) is 2. The summed E-state index contributed by atoms with van der Waals surface area (Å²) in [4.78, 5) is 18.0. The van der Waals surface area contributed by atoms with E-state index in [9.17, 15) is 4.79 Å². The van der Waals surface area contributed by atoms with E-state index in [1.807, 2.05) is 36.4 Å². The van der Waals surface area contributed by atoms with E-state index < -0.39 is 0 Å². The van der Waals surface area contributed by atoms with Crippen LogP contribution in [0, 0.1) is 0 Å². The number of anilines is 1. The summed E-state index contributed by atoms with van der Waals surface area (Å²) in [5, 5.41) is 4.97. The van der Waals surface area contributed by atoms with Crippen molar-refractivity contribution in [2.45, 2.75) is 0 Å². The highest BCUT2D eigenvalue weighted by Crippen LogP contribution is 2.32. The number of fused-ring (bicyclic) bond motifs is 1. The third-order valence-corrected chi connectivity index (χ3v) is 5.01. The summed E-state index contributed by atoms with van der Waals surface area (Å²) in [6.45, 7) is 3.83. The minimum atomic E-state index is -0.0886. The molecule has 0 spiro atoms. The van der Waals surface area contributed by atoms with Gasteiger partial charge in [0, 0.05) is 48.5 Å². The molecule has 0 radical (unpaired) electrons. The van der Waals surface area contributed by atoms with Crippen molar-refractivity contribution in [2.24, 2.45) is 0 Å².